The zero-order chi connectivity index (χ0) is 14.5. The van der Waals surface area contributed by atoms with Crippen molar-refractivity contribution in [2.24, 2.45) is 5.41 Å². The van der Waals surface area contributed by atoms with Crippen molar-refractivity contribution in [1.29, 1.82) is 0 Å². The van der Waals surface area contributed by atoms with Crippen LogP contribution in [0.4, 0.5) is 0 Å². The third kappa shape index (κ3) is 4.49. The molecule has 5 nitrogen and oxygen atoms in total. The van der Waals surface area contributed by atoms with E-state index >= 15 is 0 Å². The van der Waals surface area contributed by atoms with Crippen molar-refractivity contribution in [3.63, 3.8) is 0 Å². The van der Waals surface area contributed by atoms with Crippen LogP contribution in [0.3, 0.4) is 0 Å². The van der Waals surface area contributed by atoms with E-state index in [9.17, 15) is 14.7 Å². The summed E-state index contributed by atoms with van der Waals surface area (Å²) in [5.41, 5.74) is -0.364. The van der Waals surface area contributed by atoms with E-state index in [4.69, 9.17) is 5.11 Å². The van der Waals surface area contributed by atoms with Gasteiger partial charge >= 0.3 is 5.97 Å². The van der Waals surface area contributed by atoms with Gasteiger partial charge in [-0.3, -0.25) is 9.59 Å². The number of rotatable bonds is 8. The first kappa shape index (κ1) is 16.0. The number of carbonyl (C=O) groups is 2. The Labute approximate surface area is 114 Å². The van der Waals surface area contributed by atoms with Crippen molar-refractivity contribution < 1.29 is 19.8 Å². The number of hydrogen-bond acceptors (Lipinski definition) is 3. The molecule has 5 heteroatoms. The highest BCUT2D eigenvalue weighted by Crippen LogP contribution is 2.35. The summed E-state index contributed by atoms with van der Waals surface area (Å²) in [6, 6.07) is -0.0541. The molecule has 110 valence electrons. The largest absolute Gasteiger partial charge is 0.481 e. The fourth-order valence-electron chi connectivity index (χ4n) is 2.70. The molecule has 0 aromatic heterocycles. The Balaban J connectivity index is 2.28. The summed E-state index contributed by atoms with van der Waals surface area (Å²) in [5.74, 6) is -0.631. The van der Waals surface area contributed by atoms with E-state index in [1.807, 2.05) is 13.8 Å². The Morgan fingerprint density at radius 1 is 1.32 bits per heavy atom. The summed E-state index contributed by atoms with van der Waals surface area (Å²) >= 11 is 0. The van der Waals surface area contributed by atoms with Crippen LogP contribution in [0.1, 0.15) is 52.4 Å². The van der Waals surface area contributed by atoms with Gasteiger partial charge in [0, 0.05) is 18.4 Å². The monoisotopic (exact) mass is 271 g/mol. The van der Waals surface area contributed by atoms with Crippen LogP contribution >= 0.6 is 0 Å². The van der Waals surface area contributed by atoms with Gasteiger partial charge in [-0.2, -0.15) is 0 Å². The molecule has 2 N–H and O–H groups in total. The van der Waals surface area contributed by atoms with E-state index in [2.05, 4.69) is 0 Å². The van der Waals surface area contributed by atoms with Gasteiger partial charge < -0.3 is 15.1 Å². The third-order valence-electron chi connectivity index (χ3n) is 3.78. The summed E-state index contributed by atoms with van der Waals surface area (Å²) in [5, 5.41) is 17.9. The molecule has 0 saturated carbocycles. The van der Waals surface area contributed by atoms with E-state index in [1.165, 1.54) is 0 Å². The van der Waals surface area contributed by atoms with Crippen molar-refractivity contribution in [3.8, 4) is 0 Å². The van der Waals surface area contributed by atoms with Gasteiger partial charge in [-0.05, 0) is 19.3 Å². The number of carbonyl (C=O) groups excluding carboxylic acids is 1. The third-order valence-corrected chi connectivity index (χ3v) is 3.78. The van der Waals surface area contributed by atoms with Crippen LogP contribution in [-0.2, 0) is 9.59 Å². The molecule has 1 amide bonds. The van der Waals surface area contributed by atoms with Crippen LogP contribution in [0, 0.1) is 5.41 Å². The number of carboxylic acid groups (broad SMARTS) is 1. The fraction of sp³-hybridized carbons (Fsp3) is 0.857. The van der Waals surface area contributed by atoms with Crippen LogP contribution in [-0.4, -0.2) is 46.2 Å². The number of aliphatic hydroxyl groups is 1. The molecule has 1 heterocycles. The topological polar surface area (TPSA) is 77.8 Å². The predicted octanol–water partition coefficient (Wildman–Crippen LogP) is 1.64. The molecule has 1 aliphatic rings. The van der Waals surface area contributed by atoms with Gasteiger partial charge in [-0.25, -0.2) is 0 Å². The van der Waals surface area contributed by atoms with Crippen molar-refractivity contribution in [1.82, 2.24) is 4.90 Å². The van der Waals surface area contributed by atoms with Crippen LogP contribution in [0.25, 0.3) is 0 Å². The average Bonchev–Trinajstić information content (AvgIpc) is 2.55. The van der Waals surface area contributed by atoms with Crippen LogP contribution < -0.4 is 0 Å². The molecule has 1 rings (SSSR count). The van der Waals surface area contributed by atoms with Crippen molar-refractivity contribution >= 4 is 11.9 Å². The molecule has 0 bridgehead atoms. The van der Waals surface area contributed by atoms with Crippen molar-refractivity contribution in [2.75, 3.05) is 13.2 Å². The minimum absolute atomic E-state index is 0.0220. The molecule has 1 fully saturated rings. The minimum atomic E-state index is -0.753. The number of carboxylic acids is 1. The number of hydrogen-bond donors (Lipinski definition) is 2. The molecule has 0 aliphatic carbocycles. The zero-order valence-corrected chi connectivity index (χ0v) is 11.9. The lowest BCUT2D eigenvalue weighted by Crippen LogP contribution is -2.37. The van der Waals surface area contributed by atoms with Gasteiger partial charge in [0.05, 0.1) is 12.6 Å². The molecular weight excluding hydrogens is 246 g/mol. The first-order chi connectivity index (χ1) is 8.88. The predicted molar refractivity (Wildman–Crippen MR) is 71.7 cm³/mol. The maximum absolute atomic E-state index is 12.1. The molecule has 0 spiro atoms. The normalized spacial score (nSPS) is 21.9. The lowest BCUT2D eigenvalue weighted by atomic mass is 9.90. The van der Waals surface area contributed by atoms with E-state index in [1.54, 1.807) is 4.90 Å². The number of amides is 1. The molecule has 19 heavy (non-hydrogen) atoms. The standard InChI is InChI=1S/C14H25NO4/c1-14(2)9-11(10-16)15(13(14)19)8-6-4-3-5-7-12(17)18/h11,16H,3-10H2,1-2H3,(H,17,18)/t11-/m1/s1. The van der Waals surface area contributed by atoms with Gasteiger partial charge in [-0.1, -0.05) is 26.7 Å². The number of aliphatic carboxylic acids is 1. The van der Waals surface area contributed by atoms with Crippen molar-refractivity contribution in [3.05, 3.63) is 0 Å². The lowest BCUT2D eigenvalue weighted by Gasteiger charge is -2.23. The first-order valence-corrected chi connectivity index (χ1v) is 7.02. The Morgan fingerprint density at radius 3 is 2.53 bits per heavy atom. The summed E-state index contributed by atoms with van der Waals surface area (Å²) in [6.07, 6.45) is 4.30. The highest BCUT2D eigenvalue weighted by atomic mass is 16.4. The Morgan fingerprint density at radius 2 is 1.95 bits per heavy atom. The van der Waals surface area contributed by atoms with Gasteiger partial charge in [0.25, 0.3) is 0 Å². The minimum Gasteiger partial charge on any atom is -0.481 e. The number of nitrogens with zero attached hydrogens (tertiary/aromatic N) is 1. The van der Waals surface area contributed by atoms with E-state index in [-0.39, 0.29) is 30.4 Å². The summed E-state index contributed by atoms with van der Waals surface area (Å²) < 4.78 is 0. The maximum Gasteiger partial charge on any atom is 0.303 e. The van der Waals surface area contributed by atoms with Crippen LogP contribution in [0.15, 0.2) is 0 Å². The second-order valence-electron chi connectivity index (χ2n) is 5.98. The molecule has 1 saturated heterocycles. The van der Waals surface area contributed by atoms with E-state index in [0.717, 1.165) is 19.3 Å². The van der Waals surface area contributed by atoms with E-state index in [0.29, 0.717) is 19.4 Å². The molecular formula is C14H25NO4. The number of aliphatic hydroxyl groups excluding tert-OH is 1. The maximum atomic E-state index is 12.1. The summed E-state index contributed by atoms with van der Waals surface area (Å²) in [7, 11) is 0. The fourth-order valence-corrected chi connectivity index (χ4v) is 2.70. The van der Waals surface area contributed by atoms with E-state index < -0.39 is 5.97 Å². The van der Waals surface area contributed by atoms with Crippen LogP contribution in [0.2, 0.25) is 0 Å². The molecule has 0 aromatic carbocycles. The van der Waals surface area contributed by atoms with Crippen LogP contribution in [0.5, 0.6) is 0 Å². The second kappa shape index (κ2) is 6.89. The molecule has 0 radical (unpaired) electrons. The molecule has 1 atom stereocenters. The number of unbranched alkanes of at least 4 members (excludes halogenated alkanes) is 3. The second-order valence-corrected chi connectivity index (χ2v) is 5.98. The lowest BCUT2D eigenvalue weighted by molar-refractivity contribution is -0.137. The van der Waals surface area contributed by atoms with Gasteiger partial charge in [0.1, 0.15) is 0 Å². The summed E-state index contributed by atoms with van der Waals surface area (Å²) in [6.45, 7) is 4.53. The highest BCUT2D eigenvalue weighted by Gasteiger charge is 2.44. The highest BCUT2D eigenvalue weighted by molar-refractivity contribution is 5.84. The quantitative estimate of drug-likeness (QED) is 0.658. The molecule has 0 unspecified atom stereocenters. The number of likely N-dealkylation sites (tertiary alicyclic amines) is 1. The van der Waals surface area contributed by atoms with Gasteiger partial charge in [0.2, 0.25) is 5.91 Å². The van der Waals surface area contributed by atoms with Gasteiger partial charge in [-0.15, -0.1) is 0 Å². The Kier molecular flexibility index (Phi) is 5.79. The van der Waals surface area contributed by atoms with Gasteiger partial charge in [0.15, 0.2) is 0 Å². The Hall–Kier alpha value is -1.10. The SMILES string of the molecule is CC1(C)C[C@H](CO)N(CCCCCCC(=O)O)C1=O. The Bertz CT molecular complexity index is 327. The average molecular weight is 271 g/mol. The van der Waals surface area contributed by atoms with Crippen molar-refractivity contribution in [2.45, 2.75) is 58.4 Å². The summed E-state index contributed by atoms with van der Waals surface area (Å²) in [4.78, 5) is 24.3. The molecule has 0 aromatic rings. The zero-order valence-electron chi connectivity index (χ0n) is 11.9. The smallest absolute Gasteiger partial charge is 0.303 e. The molecule has 1 aliphatic heterocycles. The first-order valence-electron chi connectivity index (χ1n) is 7.02.